The van der Waals surface area contributed by atoms with Crippen LogP contribution in [0.5, 0.6) is 0 Å². The first kappa shape index (κ1) is 19.0. The van der Waals surface area contributed by atoms with Crippen molar-refractivity contribution in [3.63, 3.8) is 0 Å². The van der Waals surface area contributed by atoms with Crippen LogP contribution < -0.4 is 10.6 Å². The smallest absolute Gasteiger partial charge is 0.252 e. The van der Waals surface area contributed by atoms with E-state index in [1.165, 1.54) is 16.3 Å². The third-order valence-corrected chi connectivity index (χ3v) is 8.90. The predicted molar refractivity (Wildman–Crippen MR) is 134 cm³/mol. The number of carbonyl (C=O) groups is 1. The van der Waals surface area contributed by atoms with Crippen LogP contribution in [-0.2, 0) is 17.0 Å². The topological polar surface area (TPSA) is 60.2 Å². The summed E-state index contributed by atoms with van der Waals surface area (Å²) in [4.78, 5) is 13.3. The Morgan fingerprint density at radius 3 is 2.50 bits per heavy atom. The highest BCUT2D eigenvalue weighted by atomic mass is 16.5. The molecule has 4 unspecified atom stereocenters. The Bertz CT molecular complexity index is 1730. The average molecular weight is 451 g/mol. The van der Waals surface area contributed by atoms with Gasteiger partial charge in [0.05, 0.1) is 27.6 Å². The van der Waals surface area contributed by atoms with Crippen molar-refractivity contribution < 1.29 is 9.53 Å². The molecule has 3 aromatic carbocycles. The summed E-state index contributed by atoms with van der Waals surface area (Å²) in [5, 5.41) is 11.3. The average Bonchev–Trinajstić information content (AvgIpc) is 3.48. The van der Waals surface area contributed by atoms with E-state index in [1.807, 2.05) is 0 Å². The summed E-state index contributed by atoms with van der Waals surface area (Å²) in [7, 11) is 2.06. The molecule has 6 heteroatoms. The van der Waals surface area contributed by atoms with Gasteiger partial charge < -0.3 is 24.5 Å². The maximum absolute atomic E-state index is 13.3. The Kier molecular flexibility index (Phi) is 3.36. The van der Waals surface area contributed by atoms with E-state index >= 15 is 0 Å². The van der Waals surface area contributed by atoms with E-state index in [0.717, 1.165) is 44.9 Å². The van der Waals surface area contributed by atoms with Crippen LogP contribution in [0.15, 0.2) is 48.5 Å². The monoisotopic (exact) mass is 450 g/mol. The number of para-hydroxylation sites is 2. The van der Waals surface area contributed by atoms with Gasteiger partial charge in [0, 0.05) is 46.5 Å². The number of ether oxygens (including phenoxy) is 1. The Morgan fingerprint density at radius 1 is 1.03 bits per heavy atom. The molecule has 170 valence electrons. The normalized spacial score (nSPS) is 27.7. The number of fused-ring (bicyclic) bond motifs is 13. The molecule has 3 aliphatic heterocycles. The summed E-state index contributed by atoms with van der Waals surface area (Å²) >= 11 is 0. The fourth-order valence-electron chi connectivity index (χ4n) is 7.25. The lowest BCUT2D eigenvalue weighted by atomic mass is 9.85. The Morgan fingerprint density at radius 2 is 1.74 bits per heavy atom. The van der Waals surface area contributed by atoms with Crippen molar-refractivity contribution in [2.24, 2.45) is 5.92 Å². The van der Waals surface area contributed by atoms with Crippen molar-refractivity contribution in [2.45, 2.75) is 44.8 Å². The fraction of sp³-hybridized carbons (Fsp3) is 0.321. The molecule has 0 saturated carbocycles. The molecule has 1 saturated heterocycles. The Labute approximate surface area is 196 Å². The van der Waals surface area contributed by atoms with E-state index in [-0.39, 0.29) is 18.1 Å². The molecule has 3 aliphatic rings. The first-order chi connectivity index (χ1) is 16.5. The van der Waals surface area contributed by atoms with Crippen molar-refractivity contribution in [3.05, 3.63) is 59.7 Å². The highest BCUT2D eigenvalue weighted by molar-refractivity contribution is 6.31. The second kappa shape index (κ2) is 6.01. The summed E-state index contributed by atoms with van der Waals surface area (Å²) in [6.07, 6.45) is 0.736. The van der Waals surface area contributed by atoms with Crippen LogP contribution >= 0.6 is 0 Å². The largest absolute Gasteiger partial charge is 0.348 e. The van der Waals surface area contributed by atoms with Crippen molar-refractivity contribution in [1.29, 1.82) is 0 Å². The summed E-state index contributed by atoms with van der Waals surface area (Å²) < 4.78 is 12.0. The van der Waals surface area contributed by atoms with E-state index in [0.29, 0.717) is 12.6 Å². The summed E-state index contributed by atoms with van der Waals surface area (Å²) in [5.74, 6) is 0.268. The van der Waals surface area contributed by atoms with E-state index in [9.17, 15) is 4.79 Å². The molecule has 0 aliphatic carbocycles. The third kappa shape index (κ3) is 1.93. The molecule has 8 rings (SSSR count). The van der Waals surface area contributed by atoms with Gasteiger partial charge in [-0.15, -0.1) is 0 Å². The van der Waals surface area contributed by atoms with Gasteiger partial charge in [0.25, 0.3) is 5.91 Å². The van der Waals surface area contributed by atoms with E-state index in [1.54, 1.807) is 0 Å². The predicted octanol–water partition coefficient (Wildman–Crippen LogP) is 4.98. The lowest BCUT2D eigenvalue weighted by Gasteiger charge is -2.48. The van der Waals surface area contributed by atoms with Crippen LogP contribution in [0.2, 0.25) is 0 Å². The van der Waals surface area contributed by atoms with Gasteiger partial charge in [-0.05, 0) is 31.7 Å². The van der Waals surface area contributed by atoms with Crippen molar-refractivity contribution >= 4 is 49.5 Å². The number of nitrogens with zero attached hydrogens (tertiary/aromatic N) is 2. The molecular weight excluding hydrogens is 424 g/mol. The summed E-state index contributed by atoms with van der Waals surface area (Å²) in [6, 6.07) is 17.4. The van der Waals surface area contributed by atoms with Gasteiger partial charge in [-0.3, -0.25) is 4.79 Å². The lowest BCUT2D eigenvalue weighted by molar-refractivity contribution is -0.224. The molecule has 5 heterocycles. The highest BCUT2D eigenvalue weighted by Crippen LogP contribution is 2.54. The van der Waals surface area contributed by atoms with Gasteiger partial charge in [-0.1, -0.05) is 43.3 Å². The number of benzene rings is 3. The van der Waals surface area contributed by atoms with Gasteiger partial charge >= 0.3 is 0 Å². The minimum atomic E-state index is -0.546. The number of hydrogen-bond donors (Lipinski definition) is 2. The molecule has 0 radical (unpaired) electrons. The van der Waals surface area contributed by atoms with Crippen molar-refractivity contribution in [2.75, 3.05) is 7.05 Å². The molecule has 1 amide bonds. The maximum Gasteiger partial charge on any atom is 0.252 e. The molecule has 6 nitrogen and oxygen atoms in total. The minimum Gasteiger partial charge on any atom is -0.348 e. The molecule has 4 atom stereocenters. The van der Waals surface area contributed by atoms with Gasteiger partial charge in [0.15, 0.2) is 0 Å². The number of carbonyl (C=O) groups excluding carboxylic acids is 1. The van der Waals surface area contributed by atoms with Crippen LogP contribution in [0, 0.1) is 5.92 Å². The second-order valence-electron chi connectivity index (χ2n) is 10.3. The quantitative estimate of drug-likeness (QED) is 0.379. The standard InChI is InChI=1S/C28H26N4O2/c1-14-18(29-3)12-21-31-19-10-6-4-8-15(19)23-24-17(13-30-27(24)33)22-16-9-5-7-11-20(16)32(26(22)25(23)31)28(14,2)34-21/h4-11,14,18,21,29H,12-13H2,1-3H3,(H,30,33). The molecule has 2 bridgehead atoms. The zero-order valence-corrected chi connectivity index (χ0v) is 19.5. The zero-order chi connectivity index (χ0) is 22.9. The molecule has 34 heavy (non-hydrogen) atoms. The summed E-state index contributed by atoms with van der Waals surface area (Å²) in [5.41, 5.74) is 6.01. The van der Waals surface area contributed by atoms with E-state index in [4.69, 9.17) is 4.74 Å². The molecule has 5 aromatic rings. The highest BCUT2D eigenvalue weighted by Gasteiger charge is 2.50. The van der Waals surface area contributed by atoms with Crippen LogP contribution in [0.1, 0.15) is 42.4 Å². The van der Waals surface area contributed by atoms with Gasteiger partial charge in [0.1, 0.15) is 12.0 Å². The van der Waals surface area contributed by atoms with Crippen LogP contribution in [-0.4, -0.2) is 28.1 Å². The minimum absolute atomic E-state index is 0.0254. The lowest BCUT2D eigenvalue weighted by Crippen LogP contribution is -2.54. The molecular formula is C28H26N4O2. The molecule has 2 N–H and O–H groups in total. The zero-order valence-electron chi connectivity index (χ0n) is 19.5. The number of nitrogens with one attached hydrogen (secondary N) is 2. The van der Waals surface area contributed by atoms with Crippen LogP contribution in [0.25, 0.3) is 43.6 Å². The van der Waals surface area contributed by atoms with E-state index in [2.05, 4.69) is 89.2 Å². The van der Waals surface area contributed by atoms with Gasteiger partial charge in [-0.25, -0.2) is 0 Å². The maximum atomic E-state index is 13.3. The SMILES string of the molecule is CNC1CC2OC(C)(C1C)n1c3ccccc3c3c4c(c5c6ccccc6n2c5c31)C(=O)NC4. The molecule has 2 aromatic heterocycles. The Hall–Kier alpha value is -3.35. The first-order valence-corrected chi connectivity index (χ1v) is 12.2. The van der Waals surface area contributed by atoms with Crippen molar-refractivity contribution in [1.82, 2.24) is 19.8 Å². The number of amides is 1. The third-order valence-electron chi connectivity index (χ3n) is 8.90. The molecule has 1 fully saturated rings. The Balaban J connectivity index is 1.74. The summed E-state index contributed by atoms with van der Waals surface area (Å²) in [6.45, 7) is 5.10. The number of rotatable bonds is 1. The fourth-order valence-corrected chi connectivity index (χ4v) is 7.25. The van der Waals surface area contributed by atoms with Crippen LogP contribution in [0.3, 0.4) is 0 Å². The van der Waals surface area contributed by atoms with Crippen molar-refractivity contribution in [3.8, 4) is 0 Å². The van der Waals surface area contributed by atoms with Gasteiger partial charge in [0.2, 0.25) is 0 Å². The molecule has 0 spiro atoms. The number of aromatic nitrogens is 2. The van der Waals surface area contributed by atoms with Crippen LogP contribution in [0.4, 0.5) is 0 Å². The second-order valence-corrected chi connectivity index (χ2v) is 10.3. The van der Waals surface area contributed by atoms with E-state index < -0.39 is 5.72 Å². The van der Waals surface area contributed by atoms with Gasteiger partial charge in [-0.2, -0.15) is 0 Å². The number of hydrogen-bond acceptors (Lipinski definition) is 3. The first-order valence-electron chi connectivity index (χ1n) is 12.2.